The van der Waals surface area contributed by atoms with Crippen molar-refractivity contribution < 1.29 is 0 Å². The first kappa shape index (κ1) is 5.80. The van der Waals surface area contributed by atoms with E-state index in [9.17, 15) is 0 Å². The molecule has 0 fully saturated rings. The third-order valence-electron chi connectivity index (χ3n) is 1.74. The van der Waals surface area contributed by atoms with Gasteiger partial charge in [0.1, 0.15) is 6.33 Å². The summed E-state index contributed by atoms with van der Waals surface area (Å²) >= 11 is 0. The number of nitrogens with zero attached hydrogens (tertiary/aromatic N) is 2. The Hall–Kier alpha value is -0.960. The summed E-state index contributed by atoms with van der Waals surface area (Å²) in [5, 5.41) is 3.25. The zero-order valence-electron chi connectivity index (χ0n) is 5.67. The van der Waals surface area contributed by atoms with Gasteiger partial charge in [-0.05, 0) is 18.5 Å². The quantitative estimate of drug-likeness (QED) is 0.549. The fraction of sp³-hybridized carbons (Fsp3) is 0.429. The second kappa shape index (κ2) is 2.34. The van der Waals surface area contributed by atoms with Crippen LogP contribution in [0.4, 0.5) is 0 Å². The van der Waals surface area contributed by atoms with Gasteiger partial charge in [-0.15, -0.1) is 0 Å². The molecule has 3 heteroatoms. The van der Waals surface area contributed by atoms with E-state index >= 15 is 0 Å². The lowest BCUT2D eigenvalue weighted by Gasteiger charge is -2.13. The first-order valence-corrected chi connectivity index (χ1v) is 3.45. The van der Waals surface area contributed by atoms with Gasteiger partial charge in [0.05, 0.1) is 5.69 Å². The van der Waals surface area contributed by atoms with Crippen LogP contribution < -0.4 is 5.32 Å². The van der Waals surface area contributed by atoms with Crippen molar-refractivity contribution in [1.29, 1.82) is 0 Å². The van der Waals surface area contributed by atoms with Crippen LogP contribution in [0.15, 0.2) is 12.5 Å². The van der Waals surface area contributed by atoms with Gasteiger partial charge >= 0.3 is 0 Å². The highest BCUT2D eigenvalue weighted by atomic mass is 14.9. The van der Waals surface area contributed by atoms with Crippen molar-refractivity contribution in [2.45, 2.75) is 13.0 Å². The van der Waals surface area contributed by atoms with Crippen LogP contribution >= 0.6 is 0 Å². The van der Waals surface area contributed by atoms with Gasteiger partial charge < -0.3 is 5.32 Å². The summed E-state index contributed by atoms with van der Waals surface area (Å²) in [6.45, 7) is 1.96. The Balaban J connectivity index is 2.41. The Bertz CT molecular complexity index is 209. The Morgan fingerprint density at radius 3 is 3.40 bits per heavy atom. The van der Waals surface area contributed by atoms with E-state index in [0.29, 0.717) is 0 Å². The summed E-state index contributed by atoms with van der Waals surface area (Å²) in [6, 6.07) is 0. The largest absolute Gasteiger partial charge is 0.311 e. The number of fused-ring (bicyclic) bond motifs is 1. The lowest BCUT2D eigenvalue weighted by Crippen LogP contribution is -2.24. The first-order chi connectivity index (χ1) is 4.97. The molecular weight excluding hydrogens is 126 g/mol. The molecule has 2 rings (SSSR count). The Kier molecular flexibility index (Phi) is 1.36. The molecule has 0 saturated carbocycles. The third kappa shape index (κ3) is 0.885. The zero-order valence-corrected chi connectivity index (χ0v) is 5.67. The van der Waals surface area contributed by atoms with E-state index in [0.717, 1.165) is 25.2 Å². The van der Waals surface area contributed by atoms with Crippen molar-refractivity contribution >= 4 is 0 Å². The highest BCUT2D eigenvalue weighted by molar-refractivity contribution is 5.18. The molecule has 1 aliphatic rings. The van der Waals surface area contributed by atoms with E-state index < -0.39 is 0 Å². The van der Waals surface area contributed by atoms with Crippen LogP contribution in [-0.4, -0.2) is 16.5 Å². The molecule has 0 saturated heterocycles. The van der Waals surface area contributed by atoms with Gasteiger partial charge in [0.2, 0.25) is 0 Å². The highest BCUT2D eigenvalue weighted by Gasteiger charge is 2.07. The second-order valence-corrected chi connectivity index (χ2v) is 2.42. The van der Waals surface area contributed by atoms with E-state index in [-0.39, 0.29) is 0 Å². The molecule has 1 aromatic rings. The molecule has 10 heavy (non-hydrogen) atoms. The zero-order chi connectivity index (χ0) is 6.81. The van der Waals surface area contributed by atoms with Gasteiger partial charge in [0.25, 0.3) is 0 Å². The van der Waals surface area contributed by atoms with E-state index in [1.165, 1.54) is 5.56 Å². The molecule has 0 aliphatic carbocycles. The summed E-state index contributed by atoms with van der Waals surface area (Å²) in [5.41, 5.74) is 2.45. The van der Waals surface area contributed by atoms with Crippen LogP contribution in [0, 0.1) is 0 Å². The maximum absolute atomic E-state index is 4.15. The van der Waals surface area contributed by atoms with Crippen LogP contribution in [0.5, 0.6) is 0 Å². The molecule has 3 nitrogen and oxygen atoms in total. The van der Waals surface area contributed by atoms with Crippen molar-refractivity contribution in [1.82, 2.24) is 15.3 Å². The molecule has 0 unspecified atom stereocenters. The number of hydrogen-bond donors (Lipinski definition) is 1. The Morgan fingerprint density at radius 2 is 2.50 bits per heavy atom. The van der Waals surface area contributed by atoms with Gasteiger partial charge in [0.15, 0.2) is 0 Å². The summed E-state index contributed by atoms with van der Waals surface area (Å²) in [7, 11) is 0. The molecule has 52 valence electrons. The smallest absolute Gasteiger partial charge is 0.115 e. The minimum Gasteiger partial charge on any atom is -0.311 e. The van der Waals surface area contributed by atoms with Crippen molar-refractivity contribution in [2.24, 2.45) is 0 Å². The average molecular weight is 135 g/mol. The molecular formula is C7H9N3. The molecule has 0 radical (unpaired) electrons. The molecule has 0 spiro atoms. The van der Waals surface area contributed by atoms with Crippen molar-refractivity contribution in [3.05, 3.63) is 23.8 Å². The number of nitrogens with one attached hydrogen (secondary N) is 1. The van der Waals surface area contributed by atoms with Gasteiger partial charge in [-0.1, -0.05) is 0 Å². The summed E-state index contributed by atoms with van der Waals surface area (Å²) < 4.78 is 0. The maximum atomic E-state index is 4.15. The Labute approximate surface area is 59.5 Å². The van der Waals surface area contributed by atoms with E-state index in [4.69, 9.17) is 0 Å². The SMILES string of the molecule is c1ncc2c(n1)CNCC2. The minimum absolute atomic E-state index is 0.901. The van der Waals surface area contributed by atoms with Gasteiger partial charge in [-0.2, -0.15) is 0 Å². The van der Waals surface area contributed by atoms with Gasteiger partial charge in [0, 0.05) is 12.7 Å². The summed E-state index contributed by atoms with van der Waals surface area (Å²) in [6.07, 6.45) is 4.57. The van der Waals surface area contributed by atoms with Crippen LogP contribution in [0.2, 0.25) is 0 Å². The van der Waals surface area contributed by atoms with Crippen LogP contribution in [-0.2, 0) is 13.0 Å². The Morgan fingerprint density at radius 1 is 1.50 bits per heavy atom. The molecule has 1 aliphatic heterocycles. The van der Waals surface area contributed by atoms with Crippen LogP contribution in [0.25, 0.3) is 0 Å². The van der Waals surface area contributed by atoms with Crippen LogP contribution in [0.3, 0.4) is 0 Å². The fourth-order valence-corrected chi connectivity index (χ4v) is 1.18. The molecule has 0 bridgehead atoms. The van der Waals surface area contributed by atoms with E-state index in [1.54, 1.807) is 6.33 Å². The first-order valence-electron chi connectivity index (χ1n) is 3.45. The van der Waals surface area contributed by atoms with Crippen molar-refractivity contribution in [3.8, 4) is 0 Å². The normalized spacial score (nSPS) is 16.4. The maximum Gasteiger partial charge on any atom is 0.115 e. The second-order valence-electron chi connectivity index (χ2n) is 2.42. The van der Waals surface area contributed by atoms with Gasteiger partial charge in [-0.3, -0.25) is 0 Å². The molecule has 2 heterocycles. The predicted octanol–water partition coefficient (Wildman–Crippen LogP) is 0.122. The minimum atomic E-state index is 0.901. The predicted molar refractivity (Wildman–Crippen MR) is 37.4 cm³/mol. The standard InChI is InChI=1S/C7H9N3/c1-2-8-4-7-6(1)3-9-5-10-7/h3,5,8H,1-2,4H2. The molecule has 0 aromatic carbocycles. The summed E-state index contributed by atoms with van der Waals surface area (Å²) in [5.74, 6) is 0. The third-order valence-corrected chi connectivity index (χ3v) is 1.74. The summed E-state index contributed by atoms with van der Waals surface area (Å²) in [4.78, 5) is 8.10. The molecule has 0 amide bonds. The van der Waals surface area contributed by atoms with E-state index in [1.807, 2.05) is 6.20 Å². The van der Waals surface area contributed by atoms with E-state index in [2.05, 4.69) is 15.3 Å². The molecule has 1 aromatic heterocycles. The number of rotatable bonds is 0. The molecule has 1 N–H and O–H groups in total. The fourth-order valence-electron chi connectivity index (χ4n) is 1.18. The van der Waals surface area contributed by atoms with Crippen molar-refractivity contribution in [3.63, 3.8) is 0 Å². The van der Waals surface area contributed by atoms with Crippen molar-refractivity contribution in [2.75, 3.05) is 6.54 Å². The monoisotopic (exact) mass is 135 g/mol. The topological polar surface area (TPSA) is 37.8 Å². The van der Waals surface area contributed by atoms with Gasteiger partial charge in [-0.25, -0.2) is 9.97 Å². The lowest BCUT2D eigenvalue weighted by atomic mass is 10.1. The van der Waals surface area contributed by atoms with Crippen LogP contribution in [0.1, 0.15) is 11.3 Å². The highest BCUT2D eigenvalue weighted by Crippen LogP contribution is 2.07. The average Bonchev–Trinajstić information content (AvgIpc) is 2.05. The lowest BCUT2D eigenvalue weighted by molar-refractivity contribution is 0.623. The number of aromatic nitrogens is 2. The molecule has 0 atom stereocenters. The number of hydrogen-bond acceptors (Lipinski definition) is 3.